The third-order valence-electron chi connectivity index (χ3n) is 3.67. The summed E-state index contributed by atoms with van der Waals surface area (Å²) in [6.07, 6.45) is 0. The van der Waals surface area contributed by atoms with Gasteiger partial charge in [-0.2, -0.15) is 0 Å². The summed E-state index contributed by atoms with van der Waals surface area (Å²) < 4.78 is 6.09. The van der Waals surface area contributed by atoms with Crippen molar-refractivity contribution in [2.45, 2.75) is 46.1 Å². The van der Waals surface area contributed by atoms with Crippen LogP contribution in [0.2, 0.25) is 0 Å². The molecule has 0 spiro atoms. The molecule has 1 atom stereocenters. The van der Waals surface area contributed by atoms with Crippen LogP contribution >= 0.6 is 0 Å². The fourth-order valence-corrected chi connectivity index (χ4v) is 2.30. The van der Waals surface area contributed by atoms with Gasteiger partial charge in [-0.15, -0.1) is 0 Å². The zero-order chi connectivity index (χ0) is 15.6. The Morgan fingerprint density at radius 1 is 1.00 bits per heavy atom. The van der Waals surface area contributed by atoms with Crippen LogP contribution in [0.3, 0.4) is 0 Å². The van der Waals surface area contributed by atoms with Crippen LogP contribution in [-0.2, 0) is 5.41 Å². The molecule has 0 radical (unpaired) electrons. The highest BCUT2D eigenvalue weighted by atomic mass is 16.5. The number of benzene rings is 2. The number of hydrogen-bond donors (Lipinski definition) is 1. The molecule has 2 aromatic carbocycles. The fourth-order valence-electron chi connectivity index (χ4n) is 2.30. The quantitative estimate of drug-likeness (QED) is 0.850. The van der Waals surface area contributed by atoms with Crippen molar-refractivity contribution in [3.63, 3.8) is 0 Å². The Balaban J connectivity index is 2.33. The van der Waals surface area contributed by atoms with E-state index in [-0.39, 0.29) is 11.5 Å². The lowest BCUT2D eigenvalue weighted by Crippen LogP contribution is -2.11. The maximum atomic E-state index is 6.09. The minimum atomic E-state index is -0.0460. The monoisotopic (exact) mass is 283 g/mol. The van der Waals surface area contributed by atoms with Gasteiger partial charge in [0.1, 0.15) is 11.5 Å². The molecule has 2 N–H and O–H groups in total. The third-order valence-corrected chi connectivity index (χ3v) is 3.67. The highest BCUT2D eigenvalue weighted by Crippen LogP contribution is 2.33. The number of hydrogen-bond acceptors (Lipinski definition) is 2. The number of ether oxygens (including phenoxy) is 1. The highest BCUT2D eigenvalue weighted by molar-refractivity contribution is 5.44. The average Bonchev–Trinajstić information content (AvgIpc) is 2.40. The normalized spacial score (nSPS) is 13.0. The molecule has 2 rings (SSSR count). The van der Waals surface area contributed by atoms with Crippen molar-refractivity contribution in [3.05, 3.63) is 59.2 Å². The Morgan fingerprint density at radius 3 is 2.24 bits per heavy atom. The molecule has 0 bridgehead atoms. The van der Waals surface area contributed by atoms with Crippen molar-refractivity contribution >= 4 is 0 Å². The zero-order valence-electron chi connectivity index (χ0n) is 13.6. The molecule has 1 unspecified atom stereocenters. The summed E-state index contributed by atoms with van der Waals surface area (Å²) in [5, 5.41) is 0. The lowest BCUT2D eigenvalue weighted by atomic mass is 9.86. The van der Waals surface area contributed by atoms with Crippen LogP contribution in [-0.4, -0.2) is 0 Å². The second-order valence-corrected chi connectivity index (χ2v) is 6.66. The van der Waals surface area contributed by atoms with E-state index in [2.05, 4.69) is 39.8 Å². The van der Waals surface area contributed by atoms with Crippen LogP contribution in [0.5, 0.6) is 11.5 Å². The maximum absolute atomic E-state index is 6.09. The Kier molecular flexibility index (Phi) is 4.38. The van der Waals surface area contributed by atoms with Crippen LogP contribution < -0.4 is 10.5 Å². The molecule has 0 aliphatic rings. The minimum absolute atomic E-state index is 0.0460. The third kappa shape index (κ3) is 3.64. The van der Waals surface area contributed by atoms with Gasteiger partial charge in [0, 0.05) is 11.6 Å². The van der Waals surface area contributed by atoms with Gasteiger partial charge in [-0.25, -0.2) is 0 Å². The Hall–Kier alpha value is -1.80. The number of nitrogens with two attached hydrogens (primary N) is 1. The first kappa shape index (κ1) is 15.6. The van der Waals surface area contributed by atoms with Crippen molar-refractivity contribution in [1.29, 1.82) is 0 Å². The van der Waals surface area contributed by atoms with Crippen LogP contribution in [0.1, 0.15) is 50.4 Å². The molecule has 21 heavy (non-hydrogen) atoms. The summed E-state index contributed by atoms with van der Waals surface area (Å²) in [6, 6.07) is 14.3. The van der Waals surface area contributed by atoms with E-state index in [0.29, 0.717) is 0 Å². The topological polar surface area (TPSA) is 35.2 Å². The molecule has 0 aliphatic carbocycles. The lowest BCUT2D eigenvalue weighted by Gasteiger charge is -2.21. The molecule has 0 heterocycles. The number of rotatable bonds is 3. The van der Waals surface area contributed by atoms with Crippen LogP contribution in [0.25, 0.3) is 0 Å². The van der Waals surface area contributed by atoms with Crippen molar-refractivity contribution in [3.8, 4) is 11.5 Å². The largest absolute Gasteiger partial charge is 0.457 e. The van der Waals surface area contributed by atoms with Gasteiger partial charge >= 0.3 is 0 Å². The van der Waals surface area contributed by atoms with Crippen molar-refractivity contribution in [2.75, 3.05) is 0 Å². The smallest absolute Gasteiger partial charge is 0.132 e. The molecule has 2 heteroatoms. The number of para-hydroxylation sites is 1. The summed E-state index contributed by atoms with van der Waals surface area (Å²) in [7, 11) is 0. The second kappa shape index (κ2) is 5.90. The van der Waals surface area contributed by atoms with Crippen molar-refractivity contribution in [2.24, 2.45) is 5.73 Å². The Morgan fingerprint density at radius 2 is 1.67 bits per heavy atom. The summed E-state index contributed by atoms with van der Waals surface area (Å²) in [6.45, 7) is 10.7. The van der Waals surface area contributed by atoms with Gasteiger partial charge in [-0.3, -0.25) is 0 Å². The first-order chi connectivity index (χ1) is 9.79. The molecule has 0 fully saturated rings. The van der Waals surface area contributed by atoms with Crippen LogP contribution in [0.15, 0.2) is 42.5 Å². The van der Waals surface area contributed by atoms with E-state index in [1.165, 1.54) is 5.56 Å². The van der Waals surface area contributed by atoms with Crippen LogP contribution in [0.4, 0.5) is 0 Å². The minimum Gasteiger partial charge on any atom is -0.457 e. The van der Waals surface area contributed by atoms with E-state index in [1.54, 1.807) is 0 Å². The van der Waals surface area contributed by atoms with Gasteiger partial charge in [0.05, 0.1) is 0 Å². The molecule has 2 nitrogen and oxygen atoms in total. The van der Waals surface area contributed by atoms with E-state index in [4.69, 9.17) is 10.5 Å². The zero-order valence-corrected chi connectivity index (χ0v) is 13.6. The summed E-state index contributed by atoms with van der Waals surface area (Å²) in [4.78, 5) is 0. The first-order valence-electron chi connectivity index (χ1n) is 7.42. The summed E-state index contributed by atoms with van der Waals surface area (Å²) >= 11 is 0. The van der Waals surface area contributed by atoms with Gasteiger partial charge in [0.15, 0.2) is 0 Å². The molecule has 0 saturated carbocycles. The Bertz CT molecular complexity index is 624. The molecule has 0 aromatic heterocycles. The molecule has 0 saturated heterocycles. The standard InChI is InChI=1S/C19H25NO/c1-13-12-15(19(3,4)5)10-11-17(13)21-18-9-7-6-8-16(18)14(2)20/h6-12,14H,20H2,1-5H3. The Labute approximate surface area is 127 Å². The first-order valence-corrected chi connectivity index (χ1v) is 7.42. The van der Waals surface area contributed by atoms with Gasteiger partial charge in [-0.1, -0.05) is 51.1 Å². The molecule has 112 valence electrons. The average molecular weight is 283 g/mol. The fraction of sp³-hybridized carbons (Fsp3) is 0.368. The highest BCUT2D eigenvalue weighted by Gasteiger charge is 2.15. The van der Waals surface area contributed by atoms with E-state index in [1.807, 2.05) is 37.3 Å². The van der Waals surface area contributed by atoms with Crippen molar-refractivity contribution in [1.82, 2.24) is 0 Å². The lowest BCUT2D eigenvalue weighted by molar-refractivity contribution is 0.467. The van der Waals surface area contributed by atoms with Crippen molar-refractivity contribution < 1.29 is 4.74 Å². The predicted octanol–water partition coefficient (Wildman–Crippen LogP) is 5.10. The van der Waals surface area contributed by atoms with E-state index in [0.717, 1.165) is 22.6 Å². The van der Waals surface area contributed by atoms with Crippen LogP contribution in [0, 0.1) is 6.92 Å². The van der Waals surface area contributed by atoms with Gasteiger partial charge in [-0.05, 0) is 42.5 Å². The molecule has 2 aromatic rings. The van der Waals surface area contributed by atoms with Gasteiger partial charge in [0.25, 0.3) is 0 Å². The van der Waals surface area contributed by atoms with E-state index < -0.39 is 0 Å². The van der Waals surface area contributed by atoms with Gasteiger partial charge in [0.2, 0.25) is 0 Å². The van der Waals surface area contributed by atoms with E-state index in [9.17, 15) is 0 Å². The maximum Gasteiger partial charge on any atom is 0.132 e. The SMILES string of the molecule is Cc1cc(C(C)(C)C)ccc1Oc1ccccc1C(C)N. The van der Waals surface area contributed by atoms with Gasteiger partial charge < -0.3 is 10.5 Å². The molecule has 0 aliphatic heterocycles. The number of aryl methyl sites for hydroxylation is 1. The summed E-state index contributed by atoms with van der Waals surface area (Å²) in [5.41, 5.74) is 9.63. The molecular formula is C19H25NO. The van der Waals surface area contributed by atoms with E-state index >= 15 is 0 Å². The molecular weight excluding hydrogens is 258 g/mol. The predicted molar refractivity (Wildman–Crippen MR) is 89.0 cm³/mol. The summed E-state index contributed by atoms with van der Waals surface area (Å²) in [5.74, 6) is 1.72. The molecule has 0 amide bonds. The second-order valence-electron chi connectivity index (χ2n) is 6.66.